The van der Waals surface area contributed by atoms with Crippen molar-refractivity contribution >= 4 is 29.6 Å². The maximum Gasteiger partial charge on any atom is 0.491 e. The molecule has 4 N–H and O–H groups in total. The Bertz CT molecular complexity index is 1370. The smallest absolute Gasteiger partial charge is 0.396 e. The number of carbonyl (C=O) groups excluding carboxylic acids is 4. The van der Waals surface area contributed by atoms with Gasteiger partial charge in [0.2, 0.25) is 11.8 Å². The lowest BCUT2D eigenvalue weighted by Gasteiger charge is -2.23. The van der Waals surface area contributed by atoms with E-state index in [4.69, 9.17) is 0 Å². The first-order valence-corrected chi connectivity index (χ1v) is 13.9. The summed E-state index contributed by atoms with van der Waals surface area (Å²) in [5, 5.41) is 17.7. The van der Waals surface area contributed by atoms with Gasteiger partial charge in [0.1, 0.15) is 11.9 Å². The number of esters is 2. The molecule has 0 fully saturated rings. The fraction of sp³-hybridized carbons (Fsp3) is 0.323. The summed E-state index contributed by atoms with van der Waals surface area (Å²) in [4.78, 5) is 53.4. The number of ether oxygens (including phenoxy) is 1. The van der Waals surface area contributed by atoms with Crippen molar-refractivity contribution in [3.63, 3.8) is 0 Å². The summed E-state index contributed by atoms with van der Waals surface area (Å²) in [6.07, 6.45) is -3.46. The molecule has 10 nitrogen and oxygen atoms in total. The lowest BCUT2D eigenvalue weighted by molar-refractivity contribution is -0.202. The number of aliphatic hydroxyl groups excluding tert-OH is 1. The topological polar surface area (TPSA) is 147 Å². The Balaban J connectivity index is 1.65. The van der Waals surface area contributed by atoms with Crippen LogP contribution < -0.4 is 16.0 Å². The number of aliphatic hydroxyl groups is 1. The second-order valence-electron chi connectivity index (χ2n) is 9.74. The van der Waals surface area contributed by atoms with Crippen LogP contribution in [0.1, 0.15) is 43.7 Å². The van der Waals surface area contributed by atoms with Crippen LogP contribution in [0.5, 0.6) is 0 Å². The fourth-order valence-corrected chi connectivity index (χ4v) is 4.19. The van der Waals surface area contributed by atoms with Crippen LogP contribution in [0.3, 0.4) is 0 Å². The molecule has 0 aliphatic heterocycles. The average Bonchev–Trinajstić information content (AvgIpc) is 3.01. The quantitative estimate of drug-likeness (QED) is 0.114. The Morgan fingerprint density at radius 1 is 0.864 bits per heavy atom. The molecule has 0 saturated heterocycles. The molecule has 2 amide bonds. The van der Waals surface area contributed by atoms with Gasteiger partial charge in [-0.05, 0) is 48.1 Å². The molecule has 44 heavy (non-hydrogen) atoms. The molecular formula is C31H33F3N4O6. The Hall–Kier alpha value is -4.78. The summed E-state index contributed by atoms with van der Waals surface area (Å²) in [6.45, 7) is 0.119. The Kier molecular flexibility index (Phi) is 12.8. The number of nitrogens with zero attached hydrogens (tertiary/aromatic N) is 1. The Morgan fingerprint density at radius 2 is 1.55 bits per heavy atom. The normalized spacial score (nSPS) is 12.5. The SMILES string of the molecule is O=C(CCCCNc1ccccn1)N[C@H](CCO)C(=O)NC(CC(=O)OC(=O)C(F)(F)F)c1ccc(-c2ccccc2)cc1. The number of nitrogens with one attached hydrogen (secondary N) is 3. The van der Waals surface area contributed by atoms with Crippen LogP contribution in [0.25, 0.3) is 11.1 Å². The van der Waals surface area contributed by atoms with Gasteiger partial charge in [0, 0.05) is 25.8 Å². The van der Waals surface area contributed by atoms with Crippen molar-refractivity contribution in [2.24, 2.45) is 0 Å². The molecule has 2 aromatic carbocycles. The van der Waals surface area contributed by atoms with Crippen molar-refractivity contribution in [2.75, 3.05) is 18.5 Å². The molecule has 0 bridgehead atoms. The first-order valence-electron chi connectivity index (χ1n) is 13.9. The van der Waals surface area contributed by atoms with Gasteiger partial charge in [-0.25, -0.2) is 9.78 Å². The van der Waals surface area contributed by atoms with Crippen molar-refractivity contribution in [3.8, 4) is 11.1 Å². The third-order valence-electron chi connectivity index (χ3n) is 6.42. The number of anilines is 1. The number of aromatic nitrogens is 1. The van der Waals surface area contributed by atoms with Gasteiger partial charge in [-0.1, -0.05) is 60.7 Å². The molecule has 0 radical (unpaired) electrons. The highest BCUT2D eigenvalue weighted by molar-refractivity contribution is 5.90. The number of halogens is 3. The van der Waals surface area contributed by atoms with E-state index in [0.29, 0.717) is 30.8 Å². The first kappa shape index (κ1) is 33.7. The molecule has 13 heteroatoms. The van der Waals surface area contributed by atoms with Gasteiger partial charge in [-0.3, -0.25) is 14.4 Å². The number of benzene rings is 2. The summed E-state index contributed by atoms with van der Waals surface area (Å²) in [5.41, 5.74) is 2.02. The highest BCUT2D eigenvalue weighted by Gasteiger charge is 2.42. The van der Waals surface area contributed by atoms with Gasteiger partial charge in [0.15, 0.2) is 0 Å². The van der Waals surface area contributed by atoms with Gasteiger partial charge < -0.3 is 25.8 Å². The van der Waals surface area contributed by atoms with E-state index in [-0.39, 0.29) is 12.8 Å². The van der Waals surface area contributed by atoms with Crippen LogP contribution in [0.2, 0.25) is 0 Å². The van der Waals surface area contributed by atoms with Crippen LogP contribution in [0, 0.1) is 0 Å². The minimum Gasteiger partial charge on any atom is -0.396 e. The highest BCUT2D eigenvalue weighted by atomic mass is 19.4. The van der Waals surface area contributed by atoms with Crippen molar-refractivity contribution < 1.29 is 42.2 Å². The maximum absolute atomic E-state index is 13.2. The molecule has 0 aliphatic rings. The average molecular weight is 615 g/mol. The second kappa shape index (κ2) is 16.8. The summed E-state index contributed by atoms with van der Waals surface area (Å²) in [5.74, 6) is -4.71. The molecule has 0 spiro atoms. The number of unbranched alkanes of at least 4 members (excludes halogenated alkanes) is 1. The van der Waals surface area contributed by atoms with Gasteiger partial charge in [-0.15, -0.1) is 0 Å². The molecule has 2 atom stereocenters. The minimum atomic E-state index is -5.38. The number of hydrogen-bond acceptors (Lipinski definition) is 8. The summed E-state index contributed by atoms with van der Waals surface area (Å²) in [7, 11) is 0. The highest BCUT2D eigenvalue weighted by Crippen LogP contribution is 2.25. The number of carbonyl (C=O) groups is 4. The summed E-state index contributed by atoms with van der Waals surface area (Å²) >= 11 is 0. The van der Waals surface area contributed by atoms with Crippen molar-refractivity contribution in [2.45, 2.75) is 50.4 Å². The van der Waals surface area contributed by atoms with E-state index in [1.54, 1.807) is 36.5 Å². The minimum absolute atomic E-state index is 0.0926. The predicted octanol–water partition coefficient (Wildman–Crippen LogP) is 4.08. The molecule has 1 unspecified atom stereocenters. The largest absolute Gasteiger partial charge is 0.491 e. The number of amides is 2. The molecule has 1 aromatic heterocycles. The third kappa shape index (κ3) is 11.1. The lowest BCUT2D eigenvalue weighted by Crippen LogP contribution is -2.48. The number of rotatable bonds is 15. The van der Waals surface area contributed by atoms with Crippen LogP contribution in [0.15, 0.2) is 79.0 Å². The molecule has 3 aromatic rings. The molecular weight excluding hydrogens is 581 g/mol. The van der Waals surface area contributed by atoms with Crippen molar-refractivity contribution in [1.82, 2.24) is 15.6 Å². The third-order valence-corrected chi connectivity index (χ3v) is 6.42. The Morgan fingerprint density at radius 3 is 2.18 bits per heavy atom. The van der Waals surface area contributed by atoms with Gasteiger partial charge in [0.25, 0.3) is 0 Å². The van der Waals surface area contributed by atoms with Gasteiger partial charge in [0.05, 0.1) is 12.5 Å². The predicted molar refractivity (Wildman–Crippen MR) is 155 cm³/mol. The van der Waals surface area contributed by atoms with E-state index in [0.717, 1.165) is 11.1 Å². The lowest BCUT2D eigenvalue weighted by atomic mass is 9.98. The van der Waals surface area contributed by atoms with Crippen LogP contribution in [-0.4, -0.2) is 59.2 Å². The van der Waals surface area contributed by atoms with E-state index in [1.807, 2.05) is 42.5 Å². The van der Waals surface area contributed by atoms with E-state index >= 15 is 0 Å². The van der Waals surface area contributed by atoms with E-state index in [1.165, 1.54) is 0 Å². The second-order valence-corrected chi connectivity index (χ2v) is 9.74. The maximum atomic E-state index is 13.2. The van der Waals surface area contributed by atoms with E-state index in [2.05, 4.69) is 25.7 Å². The molecule has 3 rings (SSSR count). The number of pyridine rings is 1. The van der Waals surface area contributed by atoms with E-state index < -0.39 is 55.0 Å². The summed E-state index contributed by atoms with van der Waals surface area (Å²) in [6, 6.07) is 18.8. The first-order chi connectivity index (χ1) is 21.1. The zero-order valence-electron chi connectivity index (χ0n) is 23.7. The number of alkyl halides is 3. The fourth-order valence-electron chi connectivity index (χ4n) is 4.19. The monoisotopic (exact) mass is 614 g/mol. The standard InChI is InChI=1S/C31H33F3N4O6/c32-31(33,34)30(43)44-28(41)20-25(23-14-12-22(13-15-23)21-8-2-1-3-9-21)38-29(42)24(16-19-39)37-27(40)11-5-7-18-36-26-10-4-6-17-35-26/h1-4,6,8-10,12-15,17,24-25,39H,5,7,11,16,18-20H2,(H,35,36)(H,37,40)(H,38,42)/t24-,25?/m1/s1. The van der Waals surface area contributed by atoms with Crippen molar-refractivity contribution in [1.29, 1.82) is 0 Å². The molecule has 0 saturated carbocycles. The van der Waals surface area contributed by atoms with Crippen LogP contribution in [0.4, 0.5) is 19.0 Å². The zero-order chi connectivity index (χ0) is 32.0. The molecule has 0 aliphatic carbocycles. The number of hydrogen-bond donors (Lipinski definition) is 4. The van der Waals surface area contributed by atoms with E-state index in [9.17, 15) is 37.5 Å². The van der Waals surface area contributed by atoms with Gasteiger partial charge in [-0.2, -0.15) is 13.2 Å². The van der Waals surface area contributed by atoms with Crippen LogP contribution >= 0.6 is 0 Å². The van der Waals surface area contributed by atoms with Gasteiger partial charge >= 0.3 is 18.1 Å². The summed E-state index contributed by atoms with van der Waals surface area (Å²) < 4.78 is 41.9. The molecule has 1 heterocycles. The van der Waals surface area contributed by atoms with Crippen LogP contribution in [-0.2, 0) is 23.9 Å². The molecule has 234 valence electrons. The zero-order valence-corrected chi connectivity index (χ0v) is 23.7. The van der Waals surface area contributed by atoms with Crippen molar-refractivity contribution in [3.05, 3.63) is 84.6 Å². The Labute approximate surface area is 252 Å².